The van der Waals surface area contributed by atoms with E-state index >= 15 is 0 Å². The number of para-hydroxylation sites is 1. The molecule has 0 atom stereocenters. The first-order valence-corrected chi connectivity index (χ1v) is 8.87. The van der Waals surface area contributed by atoms with E-state index in [0.717, 1.165) is 10.2 Å². The van der Waals surface area contributed by atoms with Crippen LogP contribution in [0.25, 0.3) is 21.0 Å². The molecule has 2 aromatic heterocycles. The molecule has 2 amide bonds. The highest BCUT2D eigenvalue weighted by molar-refractivity contribution is 7.21. The summed E-state index contributed by atoms with van der Waals surface area (Å²) in [5.41, 5.74) is 0.850. The molecule has 3 rings (SSSR count). The van der Waals surface area contributed by atoms with Crippen molar-refractivity contribution in [3.05, 3.63) is 42.2 Å². The smallest absolute Gasteiger partial charge is 0.374 e. The molecule has 0 aliphatic heterocycles. The number of rotatable bonds is 6. The van der Waals surface area contributed by atoms with E-state index in [0.29, 0.717) is 10.8 Å². The molecule has 9 heteroatoms. The Morgan fingerprint density at radius 3 is 2.74 bits per heavy atom. The average molecular weight is 387 g/mol. The van der Waals surface area contributed by atoms with Crippen LogP contribution in [0.15, 0.2) is 40.8 Å². The lowest BCUT2D eigenvalue weighted by atomic mass is 10.3. The van der Waals surface area contributed by atoms with Crippen LogP contribution in [-0.4, -0.2) is 54.9 Å². The van der Waals surface area contributed by atoms with Crippen molar-refractivity contribution in [2.24, 2.45) is 0 Å². The Balaban J connectivity index is 1.61. The predicted molar refractivity (Wildman–Crippen MR) is 99.3 cm³/mol. The van der Waals surface area contributed by atoms with E-state index in [9.17, 15) is 14.4 Å². The van der Waals surface area contributed by atoms with E-state index in [2.05, 4.69) is 10.3 Å². The molecule has 27 heavy (non-hydrogen) atoms. The summed E-state index contributed by atoms with van der Waals surface area (Å²) in [5.74, 6) is -1.14. The Hall–Kier alpha value is -3.20. The molecule has 0 saturated heterocycles. The maximum Gasteiger partial charge on any atom is 0.374 e. The lowest BCUT2D eigenvalue weighted by Gasteiger charge is -2.15. The second-order valence-electron chi connectivity index (χ2n) is 5.65. The standard InChI is InChI=1S/C18H17N3O5S/c1-19-15(22)9-21(2)16(23)10-25-18(24)13-8-7-12(26-13)17-20-11-5-3-4-6-14(11)27-17/h3-8H,9-10H2,1-2H3,(H,19,22). The average Bonchev–Trinajstić information content (AvgIpc) is 3.32. The zero-order chi connectivity index (χ0) is 19.4. The Morgan fingerprint density at radius 2 is 2.00 bits per heavy atom. The van der Waals surface area contributed by atoms with Crippen LogP contribution in [-0.2, 0) is 14.3 Å². The van der Waals surface area contributed by atoms with Crippen LogP contribution in [0.2, 0.25) is 0 Å². The monoisotopic (exact) mass is 387 g/mol. The van der Waals surface area contributed by atoms with Gasteiger partial charge < -0.3 is 19.4 Å². The highest BCUT2D eigenvalue weighted by Crippen LogP contribution is 2.31. The minimum absolute atomic E-state index is 0.0222. The molecule has 1 aromatic carbocycles. The molecule has 140 valence electrons. The molecule has 0 unspecified atom stereocenters. The van der Waals surface area contributed by atoms with Gasteiger partial charge >= 0.3 is 5.97 Å². The zero-order valence-corrected chi connectivity index (χ0v) is 15.5. The molecule has 0 fully saturated rings. The van der Waals surface area contributed by atoms with E-state index < -0.39 is 18.5 Å². The fourth-order valence-electron chi connectivity index (χ4n) is 2.23. The van der Waals surface area contributed by atoms with Crippen LogP contribution in [0.5, 0.6) is 0 Å². The van der Waals surface area contributed by atoms with Crippen LogP contribution < -0.4 is 5.32 Å². The van der Waals surface area contributed by atoms with E-state index in [1.54, 1.807) is 6.07 Å². The number of benzene rings is 1. The van der Waals surface area contributed by atoms with Crippen molar-refractivity contribution in [2.75, 3.05) is 27.2 Å². The largest absolute Gasteiger partial charge is 0.450 e. The Morgan fingerprint density at radius 1 is 1.22 bits per heavy atom. The first-order chi connectivity index (χ1) is 13.0. The Labute approximate surface area is 158 Å². The molecule has 0 aliphatic carbocycles. The number of nitrogens with zero attached hydrogens (tertiary/aromatic N) is 2. The number of furan rings is 1. The number of likely N-dealkylation sites (N-methyl/N-ethyl adjacent to an activating group) is 2. The van der Waals surface area contributed by atoms with Gasteiger partial charge in [0.05, 0.1) is 16.8 Å². The molecule has 0 aliphatic rings. The molecule has 0 radical (unpaired) electrons. The molecular formula is C18H17N3O5S. The summed E-state index contributed by atoms with van der Waals surface area (Å²) in [6, 6.07) is 10.8. The number of thiazole rings is 1. The third-order valence-electron chi connectivity index (χ3n) is 3.72. The number of carbonyl (C=O) groups excluding carboxylic acids is 3. The van der Waals surface area contributed by atoms with Crippen molar-refractivity contribution in [1.82, 2.24) is 15.2 Å². The van der Waals surface area contributed by atoms with Crippen LogP contribution in [0, 0.1) is 0 Å². The molecule has 2 heterocycles. The fourth-order valence-corrected chi connectivity index (χ4v) is 3.16. The molecule has 0 saturated carbocycles. The lowest BCUT2D eigenvalue weighted by Crippen LogP contribution is -2.39. The maximum atomic E-state index is 12.1. The number of esters is 1. The maximum absolute atomic E-state index is 12.1. The van der Waals surface area contributed by atoms with Crippen molar-refractivity contribution in [3.63, 3.8) is 0 Å². The van der Waals surface area contributed by atoms with Crippen molar-refractivity contribution in [3.8, 4) is 10.8 Å². The van der Waals surface area contributed by atoms with E-state index in [4.69, 9.17) is 9.15 Å². The summed E-state index contributed by atoms with van der Waals surface area (Å²) >= 11 is 1.45. The van der Waals surface area contributed by atoms with Crippen molar-refractivity contribution in [1.29, 1.82) is 0 Å². The van der Waals surface area contributed by atoms with Gasteiger partial charge in [0, 0.05) is 14.1 Å². The minimum atomic E-state index is -0.760. The van der Waals surface area contributed by atoms with E-state index in [-0.39, 0.29) is 18.2 Å². The summed E-state index contributed by atoms with van der Waals surface area (Å²) < 4.78 is 11.5. The number of nitrogens with one attached hydrogen (secondary N) is 1. The quantitative estimate of drug-likeness (QED) is 0.649. The normalized spacial score (nSPS) is 10.6. The van der Waals surface area contributed by atoms with Gasteiger partial charge in [-0.25, -0.2) is 9.78 Å². The van der Waals surface area contributed by atoms with Gasteiger partial charge in [-0.1, -0.05) is 12.1 Å². The summed E-state index contributed by atoms with van der Waals surface area (Å²) in [5, 5.41) is 3.06. The summed E-state index contributed by atoms with van der Waals surface area (Å²) in [4.78, 5) is 40.9. The number of amides is 2. The van der Waals surface area contributed by atoms with Gasteiger partial charge in [-0.2, -0.15) is 0 Å². The number of aromatic nitrogens is 1. The first kappa shape index (κ1) is 18.6. The Kier molecular flexibility index (Phi) is 5.51. The number of fused-ring (bicyclic) bond motifs is 1. The van der Waals surface area contributed by atoms with E-state index in [1.165, 1.54) is 36.4 Å². The van der Waals surface area contributed by atoms with Gasteiger partial charge in [-0.3, -0.25) is 9.59 Å². The Bertz CT molecular complexity index is 961. The molecule has 0 spiro atoms. The number of hydrogen-bond donors (Lipinski definition) is 1. The van der Waals surface area contributed by atoms with Gasteiger partial charge in [0.1, 0.15) is 0 Å². The highest BCUT2D eigenvalue weighted by atomic mass is 32.1. The van der Waals surface area contributed by atoms with Crippen molar-refractivity contribution >= 4 is 39.3 Å². The van der Waals surface area contributed by atoms with Gasteiger partial charge in [0.25, 0.3) is 5.91 Å². The molecule has 8 nitrogen and oxygen atoms in total. The van der Waals surface area contributed by atoms with Gasteiger partial charge in [0.15, 0.2) is 17.4 Å². The van der Waals surface area contributed by atoms with Gasteiger partial charge in [-0.15, -0.1) is 11.3 Å². The summed E-state index contributed by atoms with van der Waals surface area (Å²) in [6.45, 7) is -0.598. The lowest BCUT2D eigenvalue weighted by molar-refractivity contribution is -0.137. The fraction of sp³-hybridized carbons (Fsp3) is 0.222. The van der Waals surface area contributed by atoms with Crippen LogP contribution in [0.4, 0.5) is 0 Å². The summed E-state index contributed by atoms with van der Waals surface area (Å²) in [7, 11) is 2.92. The minimum Gasteiger partial charge on any atom is -0.450 e. The second-order valence-corrected chi connectivity index (χ2v) is 6.68. The molecular weight excluding hydrogens is 370 g/mol. The van der Waals surface area contributed by atoms with E-state index in [1.807, 2.05) is 24.3 Å². The van der Waals surface area contributed by atoms with Crippen LogP contribution in [0.1, 0.15) is 10.6 Å². The summed E-state index contributed by atoms with van der Waals surface area (Å²) in [6.07, 6.45) is 0. The topological polar surface area (TPSA) is 102 Å². The molecule has 1 N–H and O–H groups in total. The third kappa shape index (κ3) is 4.32. The first-order valence-electron chi connectivity index (χ1n) is 8.05. The van der Waals surface area contributed by atoms with Gasteiger partial charge in [-0.05, 0) is 24.3 Å². The predicted octanol–water partition coefficient (Wildman–Crippen LogP) is 1.92. The van der Waals surface area contributed by atoms with Crippen molar-refractivity contribution < 1.29 is 23.5 Å². The molecule has 3 aromatic rings. The number of carbonyl (C=O) groups is 3. The van der Waals surface area contributed by atoms with Crippen LogP contribution in [0.3, 0.4) is 0 Å². The number of ether oxygens (including phenoxy) is 1. The number of hydrogen-bond acceptors (Lipinski definition) is 7. The zero-order valence-electron chi connectivity index (χ0n) is 14.7. The molecule has 0 bridgehead atoms. The highest BCUT2D eigenvalue weighted by Gasteiger charge is 2.19. The van der Waals surface area contributed by atoms with Gasteiger partial charge in [0.2, 0.25) is 11.7 Å². The SMILES string of the molecule is CNC(=O)CN(C)C(=O)COC(=O)c1ccc(-c2nc3ccccc3s2)o1. The van der Waals surface area contributed by atoms with Crippen LogP contribution >= 0.6 is 11.3 Å². The third-order valence-corrected chi connectivity index (χ3v) is 4.77. The van der Waals surface area contributed by atoms with Crippen molar-refractivity contribution in [2.45, 2.75) is 0 Å². The second kappa shape index (κ2) is 8.00.